The van der Waals surface area contributed by atoms with Crippen LogP contribution in [0.1, 0.15) is 40.3 Å². The Hall–Kier alpha value is -1.50. The van der Waals surface area contributed by atoms with Gasteiger partial charge in [0.2, 0.25) is 0 Å². The second-order valence-corrected chi connectivity index (χ2v) is 5.19. The van der Waals surface area contributed by atoms with Gasteiger partial charge in [-0.25, -0.2) is 0 Å². The molecular weight excluding hydrogens is 206 g/mol. The van der Waals surface area contributed by atoms with Crippen LogP contribution in [0, 0.1) is 20.8 Å². The van der Waals surface area contributed by atoms with Crippen LogP contribution in [0.4, 0.5) is 0 Å². The Morgan fingerprint density at radius 1 is 1.06 bits per heavy atom. The molecule has 1 aliphatic heterocycles. The van der Waals surface area contributed by atoms with Crippen LogP contribution in [0.5, 0.6) is 0 Å². The Bertz CT molecular complexity index is 563. The van der Waals surface area contributed by atoms with Crippen molar-refractivity contribution >= 4 is 0 Å². The molecule has 88 valence electrons. The second kappa shape index (κ2) is 3.76. The number of hydrogen-bond donors (Lipinski definition) is 0. The minimum absolute atomic E-state index is 0.601. The number of nitrogens with zero attached hydrogens (tertiary/aromatic N) is 1. The lowest BCUT2D eigenvalue weighted by Gasteiger charge is -2.16. The maximum atomic E-state index is 2.39. The molecule has 0 fully saturated rings. The highest BCUT2D eigenvalue weighted by atomic mass is 15.0. The monoisotopic (exact) mass is 225 g/mol. The molecule has 3 rings (SSSR count). The van der Waals surface area contributed by atoms with E-state index in [9.17, 15) is 0 Å². The molecule has 1 unspecified atom stereocenters. The lowest BCUT2D eigenvalue weighted by molar-refractivity contribution is 0.719. The fourth-order valence-electron chi connectivity index (χ4n) is 3.03. The Morgan fingerprint density at radius 3 is 2.71 bits per heavy atom. The molecule has 1 aliphatic rings. The van der Waals surface area contributed by atoms with Gasteiger partial charge in [-0.2, -0.15) is 0 Å². The summed E-state index contributed by atoms with van der Waals surface area (Å²) >= 11 is 0. The quantitative estimate of drug-likeness (QED) is 0.692. The highest BCUT2D eigenvalue weighted by Crippen LogP contribution is 2.37. The van der Waals surface area contributed by atoms with E-state index in [0.717, 1.165) is 0 Å². The van der Waals surface area contributed by atoms with Crippen LogP contribution in [-0.4, -0.2) is 4.57 Å². The first kappa shape index (κ1) is 10.6. The van der Waals surface area contributed by atoms with Crippen LogP contribution in [-0.2, 0) is 6.54 Å². The summed E-state index contributed by atoms with van der Waals surface area (Å²) in [5, 5.41) is 0. The fraction of sp³-hybridized carbons (Fsp3) is 0.375. The minimum Gasteiger partial charge on any atom is -0.351 e. The molecule has 0 amide bonds. The van der Waals surface area contributed by atoms with Gasteiger partial charge in [-0.3, -0.25) is 0 Å². The summed E-state index contributed by atoms with van der Waals surface area (Å²) in [6.07, 6.45) is 3.45. The maximum absolute atomic E-state index is 2.39. The van der Waals surface area contributed by atoms with Crippen LogP contribution < -0.4 is 0 Å². The van der Waals surface area contributed by atoms with Gasteiger partial charge >= 0.3 is 0 Å². The highest BCUT2D eigenvalue weighted by Gasteiger charge is 2.25. The summed E-state index contributed by atoms with van der Waals surface area (Å²) in [6, 6.07) is 9.03. The largest absolute Gasteiger partial charge is 0.351 e. The zero-order valence-corrected chi connectivity index (χ0v) is 10.8. The number of hydrogen-bond acceptors (Lipinski definition) is 0. The number of aromatic nitrogens is 1. The van der Waals surface area contributed by atoms with Crippen molar-refractivity contribution in [1.29, 1.82) is 0 Å². The van der Waals surface area contributed by atoms with E-state index in [1.54, 1.807) is 0 Å². The summed E-state index contributed by atoms with van der Waals surface area (Å²) in [4.78, 5) is 0. The molecule has 1 atom stereocenters. The summed E-state index contributed by atoms with van der Waals surface area (Å²) in [6.45, 7) is 7.87. The second-order valence-electron chi connectivity index (χ2n) is 5.19. The Kier molecular flexibility index (Phi) is 2.36. The minimum atomic E-state index is 0.601. The predicted molar refractivity (Wildman–Crippen MR) is 71.5 cm³/mol. The zero-order chi connectivity index (χ0) is 12.0. The average Bonchev–Trinajstić information content (AvgIpc) is 2.89. The molecule has 0 radical (unpaired) electrons. The first-order valence-corrected chi connectivity index (χ1v) is 6.40. The molecule has 1 heteroatoms. The normalized spacial score (nSPS) is 18.4. The Morgan fingerprint density at radius 2 is 1.88 bits per heavy atom. The molecule has 2 aromatic rings. The molecule has 2 heterocycles. The van der Waals surface area contributed by atoms with Crippen molar-refractivity contribution in [1.82, 2.24) is 4.57 Å². The molecule has 0 spiro atoms. The van der Waals surface area contributed by atoms with E-state index in [4.69, 9.17) is 0 Å². The van der Waals surface area contributed by atoms with Gasteiger partial charge in [0.05, 0.1) is 0 Å². The molecule has 17 heavy (non-hydrogen) atoms. The summed E-state index contributed by atoms with van der Waals surface area (Å²) in [5.41, 5.74) is 7.33. The summed E-state index contributed by atoms with van der Waals surface area (Å²) in [7, 11) is 0. The van der Waals surface area contributed by atoms with Crippen molar-refractivity contribution < 1.29 is 0 Å². The molecule has 0 N–H and O–H groups in total. The van der Waals surface area contributed by atoms with Crippen LogP contribution in [0.25, 0.3) is 0 Å². The van der Waals surface area contributed by atoms with Crippen molar-refractivity contribution in [2.75, 3.05) is 0 Å². The topological polar surface area (TPSA) is 4.93 Å². The molecule has 0 saturated heterocycles. The molecule has 1 aromatic heterocycles. The highest BCUT2D eigenvalue weighted by molar-refractivity contribution is 5.44. The lowest BCUT2D eigenvalue weighted by atomic mass is 9.88. The van der Waals surface area contributed by atoms with E-state index in [-0.39, 0.29) is 0 Å². The molecule has 0 saturated carbocycles. The van der Waals surface area contributed by atoms with E-state index in [0.29, 0.717) is 5.92 Å². The van der Waals surface area contributed by atoms with Crippen molar-refractivity contribution in [3.05, 3.63) is 58.4 Å². The van der Waals surface area contributed by atoms with Crippen molar-refractivity contribution in [2.45, 2.75) is 39.7 Å². The van der Waals surface area contributed by atoms with E-state index >= 15 is 0 Å². The average molecular weight is 225 g/mol. The van der Waals surface area contributed by atoms with Gasteiger partial charge in [0.1, 0.15) is 0 Å². The number of rotatable bonds is 1. The summed E-state index contributed by atoms with van der Waals surface area (Å²) in [5.74, 6) is 0.601. The Labute approximate surface area is 103 Å². The van der Waals surface area contributed by atoms with Crippen LogP contribution >= 0.6 is 0 Å². The van der Waals surface area contributed by atoms with Crippen molar-refractivity contribution in [3.8, 4) is 0 Å². The van der Waals surface area contributed by atoms with E-state index in [2.05, 4.69) is 55.8 Å². The van der Waals surface area contributed by atoms with E-state index in [1.165, 1.54) is 40.9 Å². The predicted octanol–water partition coefficient (Wildman–Crippen LogP) is 3.95. The molecule has 1 aromatic carbocycles. The van der Waals surface area contributed by atoms with Crippen molar-refractivity contribution in [2.24, 2.45) is 0 Å². The van der Waals surface area contributed by atoms with Crippen LogP contribution in [0.3, 0.4) is 0 Å². The molecular formula is C16H19N. The van der Waals surface area contributed by atoms with Gasteiger partial charge in [-0.15, -0.1) is 0 Å². The van der Waals surface area contributed by atoms with Gasteiger partial charge in [-0.1, -0.05) is 12.1 Å². The van der Waals surface area contributed by atoms with Gasteiger partial charge in [0.25, 0.3) is 0 Å². The lowest BCUT2D eigenvalue weighted by Crippen LogP contribution is -2.01. The fourth-order valence-corrected chi connectivity index (χ4v) is 3.03. The maximum Gasteiger partial charge on any atom is 0.0262 e. The first-order valence-electron chi connectivity index (χ1n) is 6.40. The SMILES string of the molecule is Cc1ccc(C2CCn3cccc32)c(C)c1C. The van der Waals surface area contributed by atoms with Gasteiger partial charge in [0.15, 0.2) is 0 Å². The van der Waals surface area contributed by atoms with Gasteiger partial charge in [-0.05, 0) is 61.6 Å². The number of benzene rings is 1. The molecule has 0 bridgehead atoms. The Balaban J connectivity index is 2.10. The van der Waals surface area contributed by atoms with Crippen LogP contribution in [0.15, 0.2) is 30.5 Å². The van der Waals surface area contributed by atoms with E-state index in [1.807, 2.05) is 0 Å². The third-order valence-electron chi connectivity index (χ3n) is 4.36. The zero-order valence-electron chi connectivity index (χ0n) is 10.8. The smallest absolute Gasteiger partial charge is 0.0262 e. The third-order valence-corrected chi connectivity index (χ3v) is 4.36. The molecule has 1 nitrogen and oxygen atoms in total. The number of aryl methyl sites for hydroxylation is 2. The standard InChI is InChI=1S/C16H19N/c1-11-6-7-14(13(3)12(11)2)15-8-10-17-9-4-5-16(15)17/h4-7,9,15H,8,10H2,1-3H3. The van der Waals surface area contributed by atoms with Gasteiger partial charge < -0.3 is 4.57 Å². The van der Waals surface area contributed by atoms with Crippen LogP contribution in [0.2, 0.25) is 0 Å². The van der Waals surface area contributed by atoms with Gasteiger partial charge in [0, 0.05) is 24.4 Å². The molecule has 0 aliphatic carbocycles. The summed E-state index contributed by atoms with van der Waals surface area (Å²) < 4.78 is 2.39. The number of fused-ring (bicyclic) bond motifs is 1. The van der Waals surface area contributed by atoms with E-state index < -0.39 is 0 Å². The third kappa shape index (κ3) is 1.53. The first-order chi connectivity index (χ1) is 8.18. The van der Waals surface area contributed by atoms with Crippen molar-refractivity contribution in [3.63, 3.8) is 0 Å².